The Morgan fingerprint density at radius 1 is 1.28 bits per heavy atom. The zero-order valence-electron chi connectivity index (χ0n) is 18.1. The van der Waals surface area contributed by atoms with Crippen LogP contribution >= 0.6 is 12.2 Å². The second-order valence-corrected chi connectivity index (χ2v) is 8.64. The molecule has 1 atom stereocenters. The number of carbonyl (C=O) groups is 2. The van der Waals surface area contributed by atoms with Crippen LogP contribution in [0.3, 0.4) is 0 Å². The fourth-order valence-corrected chi connectivity index (χ4v) is 3.75. The summed E-state index contributed by atoms with van der Waals surface area (Å²) in [7, 11) is 0. The van der Waals surface area contributed by atoms with Crippen LogP contribution < -0.4 is 10.6 Å². The van der Waals surface area contributed by atoms with Crippen molar-refractivity contribution >= 4 is 34.9 Å². The van der Waals surface area contributed by atoms with Crippen molar-refractivity contribution in [3.63, 3.8) is 0 Å². The monoisotopic (exact) mass is 417 g/mol. The molecule has 0 saturated carbocycles. The topological polar surface area (TPSA) is 70.7 Å². The van der Waals surface area contributed by atoms with Crippen molar-refractivity contribution in [2.24, 2.45) is 5.41 Å². The Morgan fingerprint density at radius 2 is 1.97 bits per heavy atom. The average molecular weight is 418 g/mol. The first-order chi connectivity index (χ1) is 13.6. The maximum absolute atomic E-state index is 12.7. The van der Waals surface area contributed by atoms with Crippen LogP contribution in [0.25, 0.3) is 0 Å². The second kappa shape index (κ2) is 9.39. The number of anilines is 1. The number of rotatable bonds is 6. The van der Waals surface area contributed by atoms with Crippen molar-refractivity contribution in [3.8, 4) is 0 Å². The van der Waals surface area contributed by atoms with Crippen LogP contribution in [0.1, 0.15) is 59.6 Å². The van der Waals surface area contributed by atoms with Gasteiger partial charge in [0.25, 0.3) is 0 Å². The Hall–Kier alpha value is -2.41. The minimum absolute atomic E-state index is 0.0451. The molecule has 0 aromatic heterocycles. The van der Waals surface area contributed by atoms with Crippen molar-refractivity contribution in [1.82, 2.24) is 10.2 Å². The Bertz CT molecular complexity index is 827. The quantitative estimate of drug-likeness (QED) is 0.535. The fourth-order valence-electron chi connectivity index (χ4n) is 3.37. The summed E-state index contributed by atoms with van der Waals surface area (Å²) in [6.45, 7) is 12.7. The molecule has 0 bridgehead atoms. The number of allylic oxidation sites excluding steroid dienone is 1. The van der Waals surface area contributed by atoms with E-state index in [0.717, 1.165) is 11.3 Å². The number of nitrogens with one attached hydrogen (secondary N) is 2. The normalized spacial score (nSPS) is 17.1. The molecule has 1 aliphatic rings. The second-order valence-electron chi connectivity index (χ2n) is 8.26. The molecular formula is C22H31N3O3S. The summed E-state index contributed by atoms with van der Waals surface area (Å²) in [6.07, 6.45) is 0.418. The molecule has 2 N–H and O–H groups in total. The number of amides is 1. The number of nitrogens with zero attached hydrogens (tertiary/aromatic N) is 1. The van der Waals surface area contributed by atoms with E-state index in [1.165, 1.54) is 0 Å². The van der Waals surface area contributed by atoms with E-state index in [0.29, 0.717) is 35.9 Å². The highest BCUT2D eigenvalue weighted by molar-refractivity contribution is 7.80. The number of hydrogen-bond donors (Lipinski definition) is 2. The highest BCUT2D eigenvalue weighted by Crippen LogP contribution is 2.32. The molecule has 1 heterocycles. The van der Waals surface area contributed by atoms with Crippen LogP contribution in [0.5, 0.6) is 0 Å². The van der Waals surface area contributed by atoms with Crippen LogP contribution in [0, 0.1) is 5.41 Å². The number of ether oxygens (including phenoxy) is 1. The van der Waals surface area contributed by atoms with E-state index in [2.05, 4.69) is 10.6 Å². The van der Waals surface area contributed by atoms with Gasteiger partial charge in [0.2, 0.25) is 5.91 Å². The SMILES string of the molecule is CCOC(=O)C1=C(C)N(CC)C(=S)N[C@H]1c1cccc(NC(=O)CC(C)(C)C)c1. The Morgan fingerprint density at radius 3 is 2.55 bits per heavy atom. The number of thiocarbonyl (C=S) groups is 1. The van der Waals surface area contributed by atoms with Gasteiger partial charge in [-0.1, -0.05) is 32.9 Å². The summed E-state index contributed by atoms with van der Waals surface area (Å²) in [5.41, 5.74) is 2.73. The molecule has 6 nitrogen and oxygen atoms in total. The lowest BCUT2D eigenvalue weighted by Gasteiger charge is -2.37. The van der Waals surface area contributed by atoms with Crippen LogP contribution in [0.2, 0.25) is 0 Å². The minimum Gasteiger partial charge on any atom is -0.463 e. The molecule has 2 rings (SSSR count). The summed E-state index contributed by atoms with van der Waals surface area (Å²) >= 11 is 5.51. The Balaban J connectivity index is 2.38. The Labute approximate surface area is 178 Å². The van der Waals surface area contributed by atoms with E-state index in [4.69, 9.17) is 17.0 Å². The lowest BCUT2D eigenvalue weighted by atomic mass is 9.92. The van der Waals surface area contributed by atoms with E-state index < -0.39 is 6.04 Å². The van der Waals surface area contributed by atoms with E-state index in [-0.39, 0.29) is 17.3 Å². The standard InChI is InChI=1S/C22H31N3O3S/c1-7-25-14(3)18(20(27)28-8-2)19(24-21(25)29)15-10-9-11-16(12-15)23-17(26)13-22(4,5)6/h9-12,19H,7-8,13H2,1-6H3,(H,23,26)(H,24,29)/t19-/m0/s1. The number of carbonyl (C=O) groups excluding carboxylic acids is 2. The third-order valence-electron chi connectivity index (χ3n) is 4.60. The molecule has 158 valence electrons. The third kappa shape index (κ3) is 5.79. The van der Waals surface area contributed by atoms with Gasteiger partial charge in [0, 0.05) is 24.4 Å². The molecular weight excluding hydrogens is 386 g/mol. The number of hydrogen-bond acceptors (Lipinski definition) is 4. The summed E-state index contributed by atoms with van der Waals surface area (Å²) in [6, 6.07) is 7.04. The highest BCUT2D eigenvalue weighted by Gasteiger charge is 2.34. The average Bonchev–Trinajstić information content (AvgIpc) is 2.60. The lowest BCUT2D eigenvalue weighted by Crippen LogP contribution is -2.47. The molecule has 0 radical (unpaired) electrons. The summed E-state index contributed by atoms with van der Waals surface area (Å²) in [4.78, 5) is 26.9. The van der Waals surface area contributed by atoms with E-state index >= 15 is 0 Å². The summed E-state index contributed by atoms with van der Waals surface area (Å²) in [5.74, 6) is -0.415. The van der Waals surface area contributed by atoms with Gasteiger partial charge in [-0.15, -0.1) is 0 Å². The van der Waals surface area contributed by atoms with Crippen molar-refractivity contribution in [1.29, 1.82) is 0 Å². The fraction of sp³-hybridized carbons (Fsp3) is 0.500. The molecule has 0 spiro atoms. The molecule has 1 aromatic carbocycles. The molecule has 29 heavy (non-hydrogen) atoms. The van der Waals surface area contributed by atoms with Crippen molar-refractivity contribution in [2.45, 2.75) is 54.0 Å². The first kappa shape index (κ1) is 22.9. The highest BCUT2D eigenvalue weighted by atomic mass is 32.1. The molecule has 0 fully saturated rings. The zero-order valence-corrected chi connectivity index (χ0v) is 18.9. The maximum atomic E-state index is 12.7. The van der Waals surface area contributed by atoms with Gasteiger partial charge in [-0.25, -0.2) is 4.79 Å². The molecule has 1 aromatic rings. The predicted molar refractivity (Wildman–Crippen MR) is 119 cm³/mol. The van der Waals surface area contributed by atoms with E-state index in [9.17, 15) is 9.59 Å². The summed E-state index contributed by atoms with van der Waals surface area (Å²) in [5, 5.41) is 6.77. The van der Waals surface area contributed by atoms with Gasteiger partial charge in [0.05, 0.1) is 18.2 Å². The lowest BCUT2D eigenvalue weighted by molar-refractivity contribution is -0.139. The van der Waals surface area contributed by atoms with E-state index in [1.807, 2.05) is 63.8 Å². The molecule has 7 heteroatoms. The van der Waals surface area contributed by atoms with Crippen LogP contribution in [0.4, 0.5) is 5.69 Å². The predicted octanol–water partition coefficient (Wildman–Crippen LogP) is 4.15. The van der Waals surface area contributed by atoms with Gasteiger partial charge in [-0.3, -0.25) is 4.79 Å². The maximum Gasteiger partial charge on any atom is 0.338 e. The molecule has 0 saturated heterocycles. The number of esters is 1. The number of benzene rings is 1. The van der Waals surface area contributed by atoms with Crippen molar-refractivity contribution in [3.05, 3.63) is 41.1 Å². The molecule has 1 amide bonds. The van der Waals surface area contributed by atoms with Crippen molar-refractivity contribution < 1.29 is 14.3 Å². The zero-order chi connectivity index (χ0) is 21.8. The molecule has 1 aliphatic heterocycles. The van der Waals surface area contributed by atoms with Gasteiger partial charge in [0.1, 0.15) is 0 Å². The molecule has 0 unspecified atom stereocenters. The van der Waals surface area contributed by atoms with Gasteiger partial charge in [0.15, 0.2) is 5.11 Å². The first-order valence-electron chi connectivity index (χ1n) is 9.93. The van der Waals surface area contributed by atoms with Gasteiger partial charge >= 0.3 is 5.97 Å². The largest absolute Gasteiger partial charge is 0.463 e. The van der Waals surface area contributed by atoms with Crippen molar-refractivity contribution in [2.75, 3.05) is 18.5 Å². The summed E-state index contributed by atoms with van der Waals surface area (Å²) < 4.78 is 5.30. The smallest absolute Gasteiger partial charge is 0.338 e. The van der Waals surface area contributed by atoms with Gasteiger partial charge in [-0.2, -0.15) is 0 Å². The first-order valence-corrected chi connectivity index (χ1v) is 10.3. The van der Waals surface area contributed by atoms with Crippen LogP contribution in [-0.4, -0.2) is 35.0 Å². The van der Waals surface area contributed by atoms with Crippen LogP contribution in [-0.2, 0) is 14.3 Å². The van der Waals surface area contributed by atoms with Gasteiger partial charge < -0.3 is 20.3 Å². The minimum atomic E-state index is -0.441. The van der Waals surface area contributed by atoms with E-state index in [1.54, 1.807) is 6.92 Å². The Kier molecular flexibility index (Phi) is 7.41. The van der Waals surface area contributed by atoms with Gasteiger partial charge in [-0.05, 0) is 56.1 Å². The molecule has 0 aliphatic carbocycles. The van der Waals surface area contributed by atoms with Crippen LogP contribution in [0.15, 0.2) is 35.5 Å². The third-order valence-corrected chi connectivity index (χ3v) is 4.94.